The molecule has 0 amide bonds. The molecule has 0 saturated heterocycles. The first kappa shape index (κ1) is 21.3. The van der Waals surface area contributed by atoms with Gasteiger partial charge in [0.15, 0.2) is 6.54 Å². The summed E-state index contributed by atoms with van der Waals surface area (Å²) < 4.78 is 1.70. The van der Waals surface area contributed by atoms with Gasteiger partial charge in [0.2, 0.25) is 0 Å². The lowest BCUT2D eigenvalue weighted by molar-refractivity contribution is -0.138. The minimum atomic E-state index is -1.08. The summed E-state index contributed by atoms with van der Waals surface area (Å²) in [5.74, 6) is 4.43. The van der Waals surface area contributed by atoms with E-state index in [-0.39, 0.29) is 0 Å². The molecule has 3 N–H and O–H groups in total. The zero-order chi connectivity index (χ0) is 21.8. The Labute approximate surface area is 177 Å². The molecule has 0 unspecified atom stereocenters. The fourth-order valence-electron chi connectivity index (χ4n) is 2.74. The standard InChI is InChI=1S/C19H21ClN8O2/c1-11-6-14(7-15(20)12(11)2)8-27-9-18(24-26-27)17-5-4-16(22-23-17)13(3)25-28(21)10-19(29)30/h4-7,9H,8,10,21H2,1-3H3,(H,29,30)/b25-13+. The maximum absolute atomic E-state index is 10.7. The van der Waals surface area contributed by atoms with Gasteiger partial charge in [-0.05, 0) is 55.7 Å². The van der Waals surface area contributed by atoms with Crippen LogP contribution in [0.15, 0.2) is 35.6 Å². The van der Waals surface area contributed by atoms with Crippen LogP contribution in [0, 0.1) is 13.8 Å². The number of halogens is 1. The molecule has 2 aromatic heterocycles. The number of hydrogen-bond acceptors (Lipinski definition) is 8. The monoisotopic (exact) mass is 428 g/mol. The van der Waals surface area contributed by atoms with Gasteiger partial charge in [0, 0.05) is 5.02 Å². The number of carboxylic acid groups (broad SMARTS) is 1. The average molecular weight is 429 g/mol. The van der Waals surface area contributed by atoms with Crippen LogP contribution < -0.4 is 5.84 Å². The second kappa shape index (κ2) is 8.97. The van der Waals surface area contributed by atoms with Crippen LogP contribution in [0.25, 0.3) is 11.4 Å². The van der Waals surface area contributed by atoms with Crippen molar-refractivity contribution >= 4 is 23.3 Å². The lowest BCUT2D eigenvalue weighted by atomic mass is 10.1. The number of hydrazine groups is 1. The summed E-state index contributed by atoms with van der Waals surface area (Å²) in [6.07, 6.45) is 1.78. The summed E-state index contributed by atoms with van der Waals surface area (Å²) in [7, 11) is 0. The number of aromatic nitrogens is 5. The molecule has 0 aliphatic rings. The molecule has 156 valence electrons. The minimum Gasteiger partial charge on any atom is -0.480 e. The lowest BCUT2D eigenvalue weighted by Gasteiger charge is -2.10. The highest BCUT2D eigenvalue weighted by molar-refractivity contribution is 6.31. The van der Waals surface area contributed by atoms with Crippen molar-refractivity contribution < 1.29 is 9.90 Å². The smallest absolute Gasteiger partial charge is 0.326 e. The first-order valence-corrected chi connectivity index (χ1v) is 9.40. The van der Waals surface area contributed by atoms with Gasteiger partial charge in [0.1, 0.15) is 17.1 Å². The van der Waals surface area contributed by atoms with E-state index in [1.165, 1.54) is 0 Å². The Morgan fingerprint density at radius 2 is 2.00 bits per heavy atom. The predicted octanol–water partition coefficient (Wildman–Crippen LogP) is 2.04. The van der Waals surface area contributed by atoms with E-state index < -0.39 is 12.5 Å². The van der Waals surface area contributed by atoms with E-state index in [1.54, 1.807) is 29.9 Å². The summed E-state index contributed by atoms with van der Waals surface area (Å²) in [4.78, 5) is 10.7. The van der Waals surface area contributed by atoms with E-state index in [9.17, 15) is 4.79 Å². The van der Waals surface area contributed by atoms with Gasteiger partial charge in [0.05, 0.1) is 18.5 Å². The summed E-state index contributed by atoms with van der Waals surface area (Å²) >= 11 is 6.27. The SMILES string of the molecule is C/C(=N\N(N)CC(=O)O)c1ccc(-c2cn(Cc3cc(C)c(C)c(Cl)c3)nn2)nn1. The summed E-state index contributed by atoms with van der Waals surface area (Å²) in [6, 6.07) is 7.44. The van der Waals surface area contributed by atoms with Gasteiger partial charge in [-0.3, -0.25) is 4.79 Å². The zero-order valence-electron chi connectivity index (χ0n) is 16.7. The van der Waals surface area contributed by atoms with Crippen molar-refractivity contribution in [2.45, 2.75) is 27.3 Å². The van der Waals surface area contributed by atoms with Crippen LogP contribution in [0.4, 0.5) is 0 Å². The third-order valence-electron chi connectivity index (χ3n) is 4.42. The second-order valence-electron chi connectivity index (χ2n) is 6.80. The Hall–Kier alpha value is -3.37. The summed E-state index contributed by atoms with van der Waals surface area (Å²) in [5.41, 5.74) is 5.24. The Kier molecular flexibility index (Phi) is 6.38. The molecule has 0 radical (unpaired) electrons. The van der Waals surface area contributed by atoms with Crippen LogP contribution in [0.2, 0.25) is 5.02 Å². The van der Waals surface area contributed by atoms with Crippen LogP contribution in [0.3, 0.4) is 0 Å². The average Bonchev–Trinajstić information content (AvgIpc) is 3.14. The maximum Gasteiger partial charge on any atom is 0.326 e. The largest absolute Gasteiger partial charge is 0.480 e. The molecule has 3 rings (SSSR count). The van der Waals surface area contributed by atoms with Crippen molar-refractivity contribution in [3.63, 3.8) is 0 Å². The number of carboxylic acids is 1. The molecule has 30 heavy (non-hydrogen) atoms. The number of hydrazone groups is 1. The van der Waals surface area contributed by atoms with Crippen LogP contribution in [-0.2, 0) is 11.3 Å². The van der Waals surface area contributed by atoms with Crippen molar-refractivity contribution in [1.82, 2.24) is 30.3 Å². The van der Waals surface area contributed by atoms with E-state index in [0.29, 0.717) is 29.3 Å². The number of nitrogens with two attached hydrogens (primary N) is 1. The van der Waals surface area contributed by atoms with E-state index >= 15 is 0 Å². The number of benzene rings is 1. The molecule has 11 heteroatoms. The number of aliphatic carboxylic acids is 1. The number of nitrogens with zero attached hydrogens (tertiary/aromatic N) is 7. The second-order valence-corrected chi connectivity index (χ2v) is 7.21. The third kappa shape index (κ3) is 5.16. The first-order chi connectivity index (χ1) is 14.2. The van der Waals surface area contributed by atoms with Gasteiger partial charge in [0.25, 0.3) is 0 Å². The number of rotatable bonds is 7. The molecule has 10 nitrogen and oxygen atoms in total. The zero-order valence-corrected chi connectivity index (χ0v) is 17.5. The Morgan fingerprint density at radius 1 is 1.23 bits per heavy atom. The quantitative estimate of drug-likeness (QED) is 0.331. The molecule has 0 bridgehead atoms. The molecule has 0 spiro atoms. The lowest BCUT2D eigenvalue weighted by Crippen LogP contribution is -2.32. The van der Waals surface area contributed by atoms with Crippen molar-refractivity contribution in [2.24, 2.45) is 10.9 Å². The third-order valence-corrected chi connectivity index (χ3v) is 4.81. The summed E-state index contributed by atoms with van der Waals surface area (Å²) in [5, 5.41) is 30.8. The highest BCUT2D eigenvalue weighted by Gasteiger charge is 2.10. The molecule has 2 heterocycles. The molecule has 1 aromatic carbocycles. The molecule has 0 aliphatic carbocycles. The van der Waals surface area contributed by atoms with Crippen molar-refractivity contribution in [2.75, 3.05) is 6.54 Å². The fourth-order valence-corrected chi connectivity index (χ4v) is 3.03. The van der Waals surface area contributed by atoms with Crippen LogP contribution in [0.5, 0.6) is 0 Å². The Morgan fingerprint density at radius 3 is 2.63 bits per heavy atom. The molecule has 0 fully saturated rings. The van der Waals surface area contributed by atoms with E-state index in [4.69, 9.17) is 22.6 Å². The molecular formula is C19H21ClN8O2. The Bertz CT molecular complexity index is 1070. The van der Waals surface area contributed by atoms with Crippen molar-refractivity contribution in [3.8, 4) is 11.4 Å². The maximum atomic E-state index is 10.7. The van der Waals surface area contributed by atoms with E-state index in [1.807, 2.05) is 19.9 Å². The van der Waals surface area contributed by atoms with Gasteiger partial charge >= 0.3 is 5.97 Å². The van der Waals surface area contributed by atoms with Crippen molar-refractivity contribution in [1.29, 1.82) is 0 Å². The van der Waals surface area contributed by atoms with Crippen LogP contribution in [0.1, 0.15) is 29.3 Å². The summed E-state index contributed by atoms with van der Waals surface area (Å²) in [6.45, 7) is 5.78. The van der Waals surface area contributed by atoms with E-state index in [2.05, 4.69) is 31.7 Å². The predicted molar refractivity (Wildman–Crippen MR) is 112 cm³/mol. The van der Waals surface area contributed by atoms with Gasteiger partial charge in [-0.15, -0.1) is 15.3 Å². The first-order valence-electron chi connectivity index (χ1n) is 9.02. The number of hydrogen-bond donors (Lipinski definition) is 2. The highest BCUT2D eigenvalue weighted by Crippen LogP contribution is 2.22. The number of aryl methyl sites for hydroxylation is 1. The van der Waals surface area contributed by atoms with Gasteiger partial charge < -0.3 is 5.11 Å². The molecule has 3 aromatic rings. The van der Waals surface area contributed by atoms with Gasteiger partial charge in [-0.25, -0.2) is 15.6 Å². The van der Waals surface area contributed by atoms with Gasteiger partial charge in [-0.2, -0.15) is 5.10 Å². The Balaban J connectivity index is 1.73. The fraction of sp³-hybridized carbons (Fsp3) is 0.263. The minimum absolute atomic E-state index is 0.419. The van der Waals surface area contributed by atoms with Crippen LogP contribution >= 0.6 is 11.6 Å². The number of carbonyl (C=O) groups is 1. The highest BCUT2D eigenvalue weighted by atomic mass is 35.5. The normalized spacial score (nSPS) is 11.6. The molecule has 0 aliphatic heterocycles. The molecule has 0 saturated carbocycles. The molecular weight excluding hydrogens is 408 g/mol. The van der Waals surface area contributed by atoms with Crippen LogP contribution in [-0.4, -0.2) is 53.6 Å². The van der Waals surface area contributed by atoms with Crippen molar-refractivity contribution in [3.05, 3.63) is 57.9 Å². The topological polar surface area (TPSA) is 135 Å². The molecule has 0 atom stereocenters. The van der Waals surface area contributed by atoms with E-state index in [0.717, 1.165) is 26.8 Å². The van der Waals surface area contributed by atoms with Gasteiger partial charge in [-0.1, -0.05) is 22.9 Å².